The zero-order valence-electron chi connectivity index (χ0n) is 14.4. The Hall–Kier alpha value is -1.73. The number of hydrogen-bond donors (Lipinski definition) is 0. The maximum absolute atomic E-state index is 13.3. The van der Waals surface area contributed by atoms with Crippen LogP contribution in [0.1, 0.15) is 62.1 Å². The van der Waals surface area contributed by atoms with Crippen molar-refractivity contribution < 1.29 is 31.2 Å². The van der Waals surface area contributed by atoms with Crippen LogP contribution in [0.2, 0.25) is 0 Å². The summed E-state index contributed by atoms with van der Waals surface area (Å²) >= 11 is 0. The van der Waals surface area contributed by atoms with Gasteiger partial charge in [0.15, 0.2) is 0 Å². The summed E-state index contributed by atoms with van der Waals surface area (Å²) in [5.74, 6) is 0.320. The minimum Gasteiger partial charge on any atom is -0.395 e. The average molecular weight is 381 g/mol. The Morgan fingerprint density at radius 2 is 1.69 bits per heavy atom. The molecule has 0 radical (unpaired) electrons. The second-order valence-electron chi connectivity index (χ2n) is 6.45. The van der Waals surface area contributed by atoms with Crippen molar-refractivity contribution in [1.82, 2.24) is 0 Å². The molecule has 0 aromatic heterocycles. The second-order valence-corrected chi connectivity index (χ2v) is 6.45. The summed E-state index contributed by atoms with van der Waals surface area (Å²) in [5, 5.41) is 3.81. The summed E-state index contributed by atoms with van der Waals surface area (Å²) in [4.78, 5) is 5.24. The molecule has 0 atom stereocenters. The molecule has 0 aliphatic heterocycles. The van der Waals surface area contributed by atoms with Crippen molar-refractivity contribution in [2.24, 2.45) is 11.1 Å². The first-order valence-electron chi connectivity index (χ1n) is 8.60. The van der Waals surface area contributed by atoms with Crippen LogP contribution in [0.25, 0.3) is 0 Å². The van der Waals surface area contributed by atoms with Crippen LogP contribution in [-0.4, -0.2) is 12.3 Å². The molecule has 26 heavy (non-hydrogen) atoms. The predicted octanol–water partition coefficient (Wildman–Crippen LogP) is 6.44. The van der Waals surface area contributed by atoms with Gasteiger partial charge in [-0.2, -0.15) is 26.3 Å². The molecular formula is C18H21F6NO. The van der Waals surface area contributed by atoms with E-state index in [1.165, 1.54) is 6.42 Å². The summed E-state index contributed by atoms with van der Waals surface area (Å²) in [6, 6.07) is 1.58. The highest BCUT2D eigenvalue weighted by molar-refractivity contribution is 6.01. The number of alkyl halides is 6. The van der Waals surface area contributed by atoms with Gasteiger partial charge in [-0.3, -0.25) is 0 Å². The molecule has 0 amide bonds. The number of rotatable bonds is 5. The molecule has 2 nitrogen and oxygen atoms in total. The van der Waals surface area contributed by atoms with Gasteiger partial charge in [-0.05, 0) is 37.3 Å². The van der Waals surface area contributed by atoms with Crippen molar-refractivity contribution in [3.05, 3.63) is 34.9 Å². The number of halogens is 6. The first kappa shape index (κ1) is 20.6. The van der Waals surface area contributed by atoms with Crippen LogP contribution in [-0.2, 0) is 17.2 Å². The number of benzene rings is 1. The predicted molar refractivity (Wildman–Crippen MR) is 85.8 cm³/mol. The fraction of sp³-hybridized carbons (Fsp3) is 0.611. The van der Waals surface area contributed by atoms with Crippen molar-refractivity contribution in [3.8, 4) is 0 Å². The first-order chi connectivity index (χ1) is 12.1. The van der Waals surface area contributed by atoms with Crippen molar-refractivity contribution in [2.75, 3.05) is 6.61 Å². The van der Waals surface area contributed by atoms with Crippen LogP contribution in [0, 0.1) is 5.92 Å². The van der Waals surface area contributed by atoms with E-state index in [-0.39, 0.29) is 23.8 Å². The van der Waals surface area contributed by atoms with Crippen LogP contribution < -0.4 is 0 Å². The van der Waals surface area contributed by atoms with E-state index in [9.17, 15) is 26.3 Å². The SMILES string of the molecule is CCC(=NOCC1CCCCC1)c1ccc(C(F)(F)F)cc1C(F)(F)F. The zero-order valence-corrected chi connectivity index (χ0v) is 14.4. The molecule has 0 saturated heterocycles. The molecule has 1 saturated carbocycles. The molecule has 0 heterocycles. The molecule has 146 valence electrons. The maximum atomic E-state index is 13.3. The zero-order chi connectivity index (χ0) is 19.4. The van der Waals surface area contributed by atoms with Crippen molar-refractivity contribution >= 4 is 5.71 Å². The summed E-state index contributed by atoms with van der Waals surface area (Å²) < 4.78 is 78.1. The highest BCUT2D eigenvalue weighted by atomic mass is 19.4. The van der Waals surface area contributed by atoms with Gasteiger partial charge < -0.3 is 4.84 Å². The molecule has 0 bridgehead atoms. The van der Waals surface area contributed by atoms with Crippen LogP contribution in [0.5, 0.6) is 0 Å². The van der Waals surface area contributed by atoms with E-state index in [0.29, 0.717) is 18.6 Å². The van der Waals surface area contributed by atoms with Crippen LogP contribution in [0.3, 0.4) is 0 Å². The summed E-state index contributed by atoms with van der Waals surface area (Å²) in [7, 11) is 0. The molecule has 1 aliphatic rings. The Morgan fingerprint density at radius 3 is 2.23 bits per heavy atom. The Morgan fingerprint density at radius 1 is 1.04 bits per heavy atom. The van der Waals surface area contributed by atoms with E-state index in [1.54, 1.807) is 6.92 Å². The molecule has 8 heteroatoms. The maximum Gasteiger partial charge on any atom is 0.417 e. The van der Waals surface area contributed by atoms with Gasteiger partial charge in [0.1, 0.15) is 6.61 Å². The van der Waals surface area contributed by atoms with Crippen LogP contribution in [0.15, 0.2) is 23.4 Å². The van der Waals surface area contributed by atoms with Crippen LogP contribution >= 0.6 is 0 Å². The molecule has 1 aromatic carbocycles. The van der Waals surface area contributed by atoms with Gasteiger partial charge in [0.2, 0.25) is 0 Å². The standard InChI is InChI=1S/C18H21F6NO/c1-2-16(25-26-11-12-6-4-3-5-7-12)14-9-8-13(17(19,20)21)10-15(14)18(22,23)24/h8-10,12H,2-7,11H2,1H3. The molecule has 0 spiro atoms. The molecular weight excluding hydrogens is 360 g/mol. The molecule has 1 aliphatic carbocycles. The Labute approximate surface area is 148 Å². The highest BCUT2D eigenvalue weighted by Gasteiger charge is 2.38. The Kier molecular flexibility index (Phi) is 6.58. The Bertz CT molecular complexity index is 630. The minimum atomic E-state index is -4.92. The smallest absolute Gasteiger partial charge is 0.395 e. The number of oxime groups is 1. The van der Waals surface area contributed by atoms with Crippen molar-refractivity contribution in [2.45, 2.75) is 57.8 Å². The first-order valence-corrected chi connectivity index (χ1v) is 8.60. The van der Waals surface area contributed by atoms with E-state index < -0.39 is 23.5 Å². The largest absolute Gasteiger partial charge is 0.417 e. The molecule has 1 aromatic rings. The van der Waals surface area contributed by atoms with Gasteiger partial charge in [0.25, 0.3) is 0 Å². The lowest BCUT2D eigenvalue weighted by molar-refractivity contribution is -0.143. The van der Waals surface area contributed by atoms with Gasteiger partial charge in [-0.25, -0.2) is 0 Å². The molecule has 0 N–H and O–H groups in total. The lowest BCUT2D eigenvalue weighted by Crippen LogP contribution is -2.17. The molecule has 1 fully saturated rings. The van der Waals surface area contributed by atoms with Gasteiger partial charge in [-0.15, -0.1) is 0 Å². The fourth-order valence-corrected chi connectivity index (χ4v) is 3.09. The summed E-state index contributed by atoms with van der Waals surface area (Å²) in [6.07, 6.45) is -4.32. The monoisotopic (exact) mass is 381 g/mol. The Balaban J connectivity index is 2.26. The van der Waals surface area contributed by atoms with Crippen molar-refractivity contribution in [1.29, 1.82) is 0 Å². The summed E-state index contributed by atoms with van der Waals surface area (Å²) in [6.45, 7) is 1.89. The quantitative estimate of drug-likeness (QED) is 0.327. The van der Waals surface area contributed by atoms with Gasteiger partial charge in [-0.1, -0.05) is 37.4 Å². The lowest BCUT2D eigenvalue weighted by Gasteiger charge is -2.20. The second kappa shape index (κ2) is 8.31. The third-order valence-electron chi connectivity index (χ3n) is 4.51. The third-order valence-corrected chi connectivity index (χ3v) is 4.51. The average Bonchev–Trinajstić information content (AvgIpc) is 2.58. The lowest BCUT2D eigenvalue weighted by atomic mass is 9.90. The third kappa shape index (κ3) is 5.38. The van der Waals surface area contributed by atoms with Gasteiger partial charge in [0, 0.05) is 5.56 Å². The molecule has 0 unspecified atom stereocenters. The van der Waals surface area contributed by atoms with E-state index in [4.69, 9.17) is 4.84 Å². The number of nitrogens with zero attached hydrogens (tertiary/aromatic N) is 1. The normalized spacial score (nSPS) is 17.4. The number of hydrogen-bond acceptors (Lipinski definition) is 2. The van der Waals surface area contributed by atoms with E-state index in [0.717, 1.165) is 31.7 Å². The van der Waals surface area contributed by atoms with Crippen LogP contribution in [0.4, 0.5) is 26.3 Å². The van der Waals surface area contributed by atoms with Crippen molar-refractivity contribution in [3.63, 3.8) is 0 Å². The van der Waals surface area contributed by atoms with Gasteiger partial charge >= 0.3 is 12.4 Å². The topological polar surface area (TPSA) is 21.6 Å². The van der Waals surface area contributed by atoms with E-state index in [1.807, 2.05) is 0 Å². The summed E-state index contributed by atoms with van der Waals surface area (Å²) in [5.41, 5.74) is -3.08. The van der Waals surface area contributed by atoms with Gasteiger partial charge in [0.05, 0.1) is 16.8 Å². The highest BCUT2D eigenvalue weighted by Crippen LogP contribution is 2.37. The van der Waals surface area contributed by atoms with E-state index >= 15 is 0 Å². The van der Waals surface area contributed by atoms with E-state index in [2.05, 4.69) is 5.16 Å². The molecule has 2 rings (SSSR count). The fourth-order valence-electron chi connectivity index (χ4n) is 3.09. The minimum absolute atomic E-state index is 0.0122.